The van der Waals surface area contributed by atoms with Crippen molar-refractivity contribution in [1.82, 2.24) is 0 Å². The summed E-state index contributed by atoms with van der Waals surface area (Å²) in [6.45, 7) is 5.41. The summed E-state index contributed by atoms with van der Waals surface area (Å²) in [5.74, 6) is 0. The maximum Gasteiger partial charge on any atom is 0.147 e. The molecule has 2 unspecified atom stereocenters. The molecule has 0 aliphatic rings. The van der Waals surface area contributed by atoms with Crippen LogP contribution < -0.4 is 5.48 Å². The van der Waals surface area contributed by atoms with Crippen molar-refractivity contribution in [2.45, 2.75) is 103 Å². The lowest BCUT2D eigenvalue weighted by Crippen LogP contribution is -2.97. The van der Waals surface area contributed by atoms with Crippen molar-refractivity contribution in [3.8, 4) is 0 Å². The predicted molar refractivity (Wildman–Crippen MR) is 83.2 cm³/mol. The summed E-state index contributed by atoms with van der Waals surface area (Å²) in [5, 5.41) is 30.8. The van der Waals surface area contributed by atoms with Crippen molar-refractivity contribution >= 4 is 0 Å². The number of rotatable bonds is 13. The van der Waals surface area contributed by atoms with Crippen LogP contribution in [0.1, 0.15) is 85.0 Å². The third-order valence-corrected chi connectivity index (χ3v) is 4.49. The molecule has 0 aromatic carbocycles. The van der Waals surface area contributed by atoms with Crippen LogP contribution in [-0.2, 0) is 0 Å². The summed E-state index contributed by atoms with van der Waals surface area (Å²) < 4.78 is 0. The minimum atomic E-state index is -0.985. The van der Waals surface area contributed by atoms with E-state index in [0.29, 0.717) is 6.42 Å². The Labute approximate surface area is 124 Å². The predicted octanol–water partition coefficient (Wildman–Crippen LogP) is 2.47. The standard InChI is InChI=1S/C16H35NO3/c1-4-5-6-7-8-9-10-11-12-13-16(17-20,14(2)18)15(3)19/h14-15,18-19H,4-13,17H2,1-3H3. The molecule has 0 bridgehead atoms. The number of hydroxylamine groups is 1. The summed E-state index contributed by atoms with van der Waals surface area (Å²) in [7, 11) is 0. The van der Waals surface area contributed by atoms with E-state index in [1.165, 1.54) is 44.9 Å². The molecule has 0 amide bonds. The van der Waals surface area contributed by atoms with E-state index in [2.05, 4.69) is 6.92 Å². The van der Waals surface area contributed by atoms with E-state index in [9.17, 15) is 15.4 Å². The Morgan fingerprint density at radius 1 is 0.850 bits per heavy atom. The van der Waals surface area contributed by atoms with Crippen molar-refractivity contribution in [3.63, 3.8) is 0 Å². The molecule has 0 aliphatic heterocycles. The van der Waals surface area contributed by atoms with E-state index < -0.39 is 17.7 Å². The van der Waals surface area contributed by atoms with Gasteiger partial charge in [0.25, 0.3) is 0 Å². The highest BCUT2D eigenvalue weighted by molar-refractivity contribution is 4.88. The van der Waals surface area contributed by atoms with E-state index in [1.54, 1.807) is 13.8 Å². The minimum absolute atomic E-state index is 0.571. The Balaban J connectivity index is 3.75. The Morgan fingerprint density at radius 2 is 1.25 bits per heavy atom. The van der Waals surface area contributed by atoms with Gasteiger partial charge >= 0.3 is 0 Å². The van der Waals surface area contributed by atoms with Crippen LogP contribution in [0.4, 0.5) is 0 Å². The number of aliphatic hydroxyl groups is 2. The molecule has 20 heavy (non-hydrogen) atoms. The van der Waals surface area contributed by atoms with Gasteiger partial charge in [-0.3, -0.25) is 0 Å². The monoisotopic (exact) mass is 289 g/mol. The topological polar surface area (TPSA) is 80.1 Å². The van der Waals surface area contributed by atoms with Gasteiger partial charge in [0.05, 0.1) is 0 Å². The van der Waals surface area contributed by atoms with Gasteiger partial charge in [0.2, 0.25) is 0 Å². The molecule has 0 rings (SSSR count). The molecular weight excluding hydrogens is 254 g/mol. The SMILES string of the molecule is CCCCCCCCCCCC([NH2+][O-])(C(C)O)C(C)O. The van der Waals surface area contributed by atoms with Gasteiger partial charge < -0.3 is 20.9 Å². The maximum absolute atomic E-state index is 11.3. The van der Waals surface area contributed by atoms with Gasteiger partial charge in [-0.1, -0.05) is 58.3 Å². The summed E-state index contributed by atoms with van der Waals surface area (Å²) in [4.78, 5) is 0. The first-order chi connectivity index (χ1) is 9.51. The zero-order valence-corrected chi connectivity index (χ0v) is 13.6. The normalized spacial score (nSPS) is 17.7. The lowest BCUT2D eigenvalue weighted by molar-refractivity contribution is -0.690. The summed E-state index contributed by atoms with van der Waals surface area (Å²) >= 11 is 0. The number of hydrogen-bond donors (Lipinski definition) is 3. The third kappa shape index (κ3) is 7.02. The molecule has 122 valence electrons. The van der Waals surface area contributed by atoms with E-state index in [0.717, 1.165) is 18.3 Å². The smallest absolute Gasteiger partial charge is 0.147 e. The van der Waals surface area contributed by atoms with Gasteiger partial charge in [0.15, 0.2) is 0 Å². The number of hydrogen-bond acceptors (Lipinski definition) is 3. The molecular formula is C16H35NO3. The Morgan fingerprint density at radius 3 is 1.60 bits per heavy atom. The number of nitrogens with two attached hydrogens (primary N) is 1. The molecule has 0 aromatic heterocycles. The van der Waals surface area contributed by atoms with Crippen molar-refractivity contribution < 1.29 is 15.7 Å². The van der Waals surface area contributed by atoms with Gasteiger partial charge in [-0.05, 0) is 20.3 Å². The highest BCUT2D eigenvalue weighted by atomic mass is 16.5. The molecule has 4 nitrogen and oxygen atoms in total. The van der Waals surface area contributed by atoms with Gasteiger partial charge in [-0.25, -0.2) is 0 Å². The van der Waals surface area contributed by atoms with E-state index >= 15 is 0 Å². The largest absolute Gasteiger partial charge is 0.635 e. The van der Waals surface area contributed by atoms with Crippen molar-refractivity contribution in [2.75, 3.05) is 0 Å². The molecule has 0 fully saturated rings. The van der Waals surface area contributed by atoms with Gasteiger partial charge in [0, 0.05) is 6.42 Å². The van der Waals surface area contributed by atoms with Gasteiger partial charge in [-0.2, -0.15) is 0 Å². The third-order valence-electron chi connectivity index (χ3n) is 4.49. The highest BCUT2D eigenvalue weighted by Crippen LogP contribution is 2.20. The van der Waals surface area contributed by atoms with Crippen molar-refractivity contribution in [1.29, 1.82) is 0 Å². The van der Waals surface area contributed by atoms with Crippen LogP contribution >= 0.6 is 0 Å². The average Bonchev–Trinajstić information content (AvgIpc) is 2.40. The molecule has 0 heterocycles. The molecule has 0 spiro atoms. The maximum atomic E-state index is 11.3. The fraction of sp³-hybridized carbons (Fsp3) is 1.00. The summed E-state index contributed by atoms with van der Waals surface area (Å²) in [6.07, 6.45) is 9.96. The van der Waals surface area contributed by atoms with Crippen LogP contribution in [0.15, 0.2) is 0 Å². The Hall–Kier alpha value is -0.160. The zero-order valence-electron chi connectivity index (χ0n) is 13.6. The molecule has 0 aromatic rings. The van der Waals surface area contributed by atoms with Crippen molar-refractivity contribution in [2.24, 2.45) is 0 Å². The number of aliphatic hydroxyl groups excluding tert-OH is 2. The van der Waals surface area contributed by atoms with Crippen LogP contribution in [-0.4, -0.2) is 28.0 Å². The lowest BCUT2D eigenvalue weighted by Gasteiger charge is -2.38. The second kappa shape index (κ2) is 11.5. The first-order valence-electron chi connectivity index (χ1n) is 8.33. The van der Waals surface area contributed by atoms with Crippen molar-refractivity contribution in [3.05, 3.63) is 5.21 Å². The van der Waals surface area contributed by atoms with Gasteiger partial charge in [-0.15, -0.1) is 0 Å². The van der Waals surface area contributed by atoms with Crippen LogP contribution in [0.25, 0.3) is 0 Å². The fourth-order valence-electron chi connectivity index (χ4n) is 2.76. The highest BCUT2D eigenvalue weighted by Gasteiger charge is 2.41. The van der Waals surface area contributed by atoms with Crippen LogP contribution in [0.2, 0.25) is 0 Å². The first kappa shape index (κ1) is 19.8. The van der Waals surface area contributed by atoms with Crippen LogP contribution in [0.5, 0.6) is 0 Å². The second-order valence-corrected chi connectivity index (χ2v) is 6.16. The lowest BCUT2D eigenvalue weighted by atomic mass is 9.83. The second-order valence-electron chi connectivity index (χ2n) is 6.16. The fourth-order valence-corrected chi connectivity index (χ4v) is 2.76. The number of unbranched alkanes of at least 4 members (excludes halogenated alkanes) is 8. The molecule has 4 N–H and O–H groups in total. The van der Waals surface area contributed by atoms with Gasteiger partial charge in [0.1, 0.15) is 17.7 Å². The van der Waals surface area contributed by atoms with Crippen LogP contribution in [0, 0.1) is 5.21 Å². The molecule has 0 aliphatic carbocycles. The van der Waals surface area contributed by atoms with E-state index in [4.69, 9.17) is 0 Å². The molecule has 4 heteroatoms. The number of quaternary nitrogens is 1. The summed E-state index contributed by atoms with van der Waals surface area (Å²) in [5.41, 5.74) is -0.242. The Kier molecular flexibility index (Phi) is 11.4. The molecule has 0 radical (unpaired) electrons. The zero-order chi connectivity index (χ0) is 15.4. The molecule has 2 atom stereocenters. The minimum Gasteiger partial charge on any atom is -0.635 e. The average molecular weight is 289 g/mol. The van der Waals surface area contributed by atoms with E-state index in [1.807, 2.05) is 0 Å². The Bertz CT molecular complexity index is 212. The summed E-state index contributed by atoms with van der Waals surface area (Å²) in [6, 6.07) is 0. The van der Waals surface area contributed by atoms with E-state index in [-0.39, 0.29) is 0 Å². The van der Waals surface area contributed by atoms with Crippen LogP contribution in [0.3, 0.4) is 0 Å². The quantitative estimate of drug-likeness (QED) is 0.360. The molecule has 0 saturated carbocycles. The first-order valence-corrected chi connectivity index (χ1v) is 8.33. The molecule has 0 saturated heterocycles.